The molecule has 0 aliphatic carbocycles. The molecule has 30 heavy (non-hydrogen) atoms. The Morgan fingerprint density at radius 1 is 1.17 bits per heavy atom. The number of aryl methyl sites for hydroxylation is 1. The summed E-state index contributed by atoms with van der Waals surface area (Å²) in [6.07, 6.45) is 2.12. The van der Waals surface area contributed by atoms with Gasteiger partial charge in [-0.25, -0.2) is 13.2 Å². The molecular formula is C21H16F3N5O. The van der Waals surface area contributed by atoms with Crippen molar-refractivity contribution in [1.82, 2.24) is 24.9 Å². The quantitative estimate of drug-likeness (QED) is 0.513. The number of carbonyl (C=O) groups is 1. The van der Waals surface area contributed by atoms with E-state index in [-0.39, 0.29) is 18.0 Å². The highest BCUT2D eigenvalue weighted by molar-refractivity contribution is 6.05. The van der Waals surface area contributed by atoms with Crippen LogP contribution in [0.4, 0.5) is 13.2 Å². The topological polar surface area (TPSA) is 66.8 Å². The van der Waals surface area contributed by atoms with E-state index in [1.807, 2.05) is 6.07 Å². The van der Waals surface area contributed by atoms with Crippen molar-refractivity contribution in [3.63, 3.8) is 0 Å². The number of para-hydroxylation sites is 1. The fraction of sp³-hybridized carbons (Fsp3) is 0.190. The second kappa shape index (κ2) is 6.72. The summed E-state index contributed by atoms with van der Waals surface area (Å²) < 4.78 is 42.4. The number of H-pyrrole nitrogens is 1. The van der Waals surface area contributed by atoms with E-state index in [4.69, 9.17) is 0 Å². The van der Waals surface area contributed by atoms with Gasteiger partial charge in [-0.1, -0.05) is 12.1 Å². The molecule has 1 amide bonds. The SMILES string of the molecule is Cn1nc2c(c1-c1cc(F)c(F)c(F)c1)CCN(C(=O)c1cccc3cn[nH]c13)C2. The number of fused-ring (bicyclic) bond motifs is 2. The highest BCUT2D eigenvalue weighted by atomic mass is 19.2. The van der Waals surface area contributed by atoms with Crippen molar-refractivity contribution in [2.45, 2.75) is 13.0 Å². The van der Waals surface area contributed by atoms with E-state index in [2.05, 4.69) is 15.3 Å². The van der Waals surface area contributed by atoms with Gasteiger partial charge in [-0.2, -0.15) is 10.2 Å². The third-order valence-corrected chi connectivity index (χ3v) is 5.45. The number of nitrogens with zero attached hydrogens (tertiary/aromatic N) is 4. The van der Waals surface area contributed by atoms with Crippen molar-refractivity contribution in [2.24, 2.45) is 7.05 Å². The number of hydrogen-bond donors (Lipinski definition) is 1. The molecule has 1 aliphatic rings. The first-order chi connectivity index (χ1) is 14.4. The summed E-state index contributed by atoms with van der Waals surface area (Å²) in [5, 5.41) is 12.2. The molecule has 4 aromatic rings. The second-order valence-electron chi connectivity index (χ2n) is 7.27. The lowest BCUT2D eigenvalue weighted by molar-refractivity contribution is 0.0734. The summed E-state index contributed by atoms with van der Waals surface area (Å²) >= 11 is 0. The lowest BCUT2D eigenvalue weighted by Gasteiger charge is -2.27. The predicted octanol–water partition coefficient (Wildman–Crippen LogP) is 3.58. The number of halogens is 3. The van der Waals surface area contributed by atoms with Gasteiger partial charge in [0, 0.05) is 30.1 Å². The molecule has 0 unspecified atom stereocenters. The first-order valence-corrected chi connectivity index (χ1v) is 9.35. The minimum atomic E-state index is -1.50. The Balaban J connectivity index is 1.49. The van der Waals surface area contributed by atoms with E-state index in [1.165, 1.54) is 4.68 Å². The lowest BCUT2D eigenvalue weighted by Crippen LogP contribution is -2.36. The van der Waals surface area contributed by atoms with Crippen LogP contribution < -0.4 is 0 Å². The van der Waals surface area contributed by atoms with Gasteiger partial charge >= 0.3 is 0 Å². The van der Waals surface area contributed by atoms with Gasteiger partial charge < -0.3 is 4.90 Å². The molecule has 1 aliphatic heterocycles. The van der Waals surface area contributed by atoms with Crippen LogP contribution in [0.5, 0.6) is 0 Å². The van der Waals surface area contributed by atoms with E-state index >= 15 is 0 Å². The maximum atomic E-state index is 13.7. The number of hydrogen-bond acceptors (Lipinski definition) is 3. The smallest absolute Gasteiger partial charge is 0.256 e. The molecule has 9 heteroatoms. The Hall–Kier alpha value is -3.62. The van der Waals surface area contributed by atoms with Crippen LogP contribution in [-0.4, -0.2) is 37.3 Å². The summed E-state index contributed by atoms with van der Waals surface area (Å²) in [6.45, 7) is 0.680. The standard InChI is InChI=1S/C21H16F3N5O/c1-28-20(12-7-15(22)18(24)16(23)8-12)13-5-6-29(10-17(13)27-28)21(30)14-4-2-3-11-9-25-26-19(11)14/h2-4,7-9H,5-6,10H2,1H3,(H,25,26). The number of nitrogens with one attached hydrogen (secondary N) is 1. The van der Waals surface area contributed by atoms with Gasteiger partial charge in [0.25, 0.3) is 5.91 Å². The fourth-order valence-corrected chi connectivity index (χ4v) is 4.06. The van der Waals surface area contributed by atoms with Crippen molar-refractivity contribution in [3.8, 4) is 11.3 Å². The fourth-order valence-electron chi connectivity index (χ4n) is 4.06. The van der Waals surface area contributed by atoms with Crippen LogP contribution in [-0.2, 0) is 20.0 Å². The average molecular weight is 411 g/mol. The monoisotopic (exact) mass is 411 g/mol. The zero-order valence-electron chi connectivity index (χ0n) is 15.9. The summed E-state index contributed by atoms with van der Waals surface area (Å²) in [5.74, 6) is -4.15. The number of aromatic nitrogens is 4. The first-order valence-electron chi connectivity index (χ1n) is 9.35. The number of rotatable bonds is 2. The number of benzene rings is 2. The van der Waals surface area contributed by atoms with Crippen LogP contribution in [0.25, 0.3) is 22.2 Å². The molecule has 6 nitrogen and oxygen atoms in total. The molecule has 0 saturated heterocycles. The predicted molar refractivity (Wildman–Crippen MR) is 103 cm³/mol. The third-order valence-electron chi connectivity index (χ3n) is 5.45. The summed E-state index contributed by atoms with van der Waals surface area (Å²) in [6, 6.07) is 7.34. The van der Waals surface area contributed by atoms with Gasteiger partial charge in [0.2, 0.25) is 0 Å². The second-order valence-corrected chi connectivity index (χ2v) is 7.27. The van der Waals surface area contributed by atoms with Crippen LogP contribution in [0.2, 0.25) is 0 Å². The maximum Gasteiger partial charge on any atom is 0.256 e. The third kappa shape index (κ3) is 2.77. The van der Waals surface area contributed by atoms with Gasteiger partial charge in [-0.3, -0.25) is 14.6 Å². The zero-order valence-corrected chi connectivity index (χ0v) is 15.9. The summed E-state index contributed by atoms with van der Waals surface area (Å²) in [5.41, 5.74) is 3.37. The molecule has 3 heterocycles. The molecule has 0 bridgehead atoms. The minimum absolute atomic E-state index is 0.151. The van der Waals surface area contributed by atoms with E-state index in [0.717, 1.165) is 23.1 Å². The van der Waals surface area contributed by atoms with Crippen molar-refractivity contribution in [3.05, 3.63) is 70.8 Å². The number of amides is 1. The molecule has 2 aromatic carbocycles. The Bertz CT molecular complexity index is 1290. The van der Waals surface area contributed by atoms with E-state index in [9.17, 15) is 18.0 Å². The molecular weight excluding hydrogens is 395 g/mol. The van der Waals surface area contributed by atoms with E-state index in [1.54, 1.807) is 30.3 Å². The Kier molecular flexibility index (Phi) is 4.12. The normalized spacial score (nSPS) is 13.7. The van der Waals surface area contributed by atoms with Gasteiger partial charge in [-0.15, -0.1) is 0 Å². The number of carbonyl (C=O) groups excluding carboxylic acids is 1. The van der Waals surface area contributed by atoms with Crippen LogP contribution >= 0.6 is 0 Å². The molecule has 0 saturated carbocycles. The van der Waals surface area contributed by atoms with Gasteiger partial charge in [0.1, 0.15) is 0 Å². The molecule has 0 fully saturated rings. The Morgan fingerprint density at radius 2 is 1.93 bits per heavy atom. The van der Waals surface area contributed by atoms with Crippen LogP contribution in [0, 0.1) is 17.5 Å². The molecule has 2 aromatic heterocycles. The average Bonchev–Trinajstić information content (AvgIpc) is 3.33. The Morgan fingerprint density at radius 3 is 2.70 bits per heavy atom. The molecule has 1 N–H and O–H groups in total. The maximum absolute atomic E-state index is 13.7. The Labute approximate surface area is 168 Å². The number of aromatic amines is 1. The lowest BCUT2D eigenvalue weighted by atomic mass is 9.99. The molecule has 0 spiro atoms. The van der Waals surface area contributed by atoms with Gasteiger partial charge in [0.15, 0.2) is 17.5 Å². The van der Waals surface area contributed by atoms with Gasteiger partial charge in [0.05, 0.1) is 35.2 Å². The van der Waals surface area contributed by atoms with Crippen LogP contribution in [0.3, 0.4) is 0 Å². The highest BCUT2D eigenvalue weighted by Crippen LogP contribution is 2.32. The molecule has 0 radical (unpaired) electrons. The van der Waals surface area contributed by atoms with Gasteiger partial charge in [-0.05, 0) is 24.6 Å². The minimum Gasteiger partial charge on any atom is -0.332 e. The molecule has 5 rings (SSSR count). The van der Waals surface area contributed by atoms with Crippen LogP contribution in [0.1, 0.15) is 21.6 Å². The molecule has 0 atom stereocenters. The molecule has 152 valence electrons. The summed E-state index contributed by atoms with van der Waals surface area (Å²) in [7, 11) is 1.66. The largest absolute Gasteiger partial charge is 0.332 e. The van der Waals surface area contributed by atoms with Crippen molar-refractivity contribution in [2.75, 3.05) is 6.54 Å². The first kappa shape index (κ1) is 18.4. The zero-order chi connectivity index (χ0) is 21.0. The van der Waals surface area contributed by atoms with Crippen molar-refractivity contribution < 1.29 is 18.0 Å². The summed E-state index contributed by atoms with van der Waals surface area (Å²) in [4.78, 5) is 14.8. The van der Waals surface area contributed by atoms with Crippen molar-refractivity contribution >= 4 is 16.8 Å². The van der Waals surface area contributed by atoms with E-state index < -0.39 is 17.5 Å². The van der Waals surface area contributed by atoms with Crippen molar-refractivity contribution in [1.29, 1.82) is 0 Å². The van der Waals surface area contributed by atoms with Crippen LogP contribution in [0.15, 0.2) is 36.5 Å². The van der Waals surface area contributed by atoms with E-state index in [0.29, 0.717) is 35.4 Å². The highest BCUT2D eigenvalue weighted by Gasteiger charge is 2.29.